The summed E-state index contributed by atoms with van der Waals surface area (Å²) in [5.74, 6) is 4.32. The molecule has 2 heteroatoms. The van der Waals surface area contributed by atoms with Gasteiger partial charge in [-0.05, 0) is 106 Å². The van der Waals surface area contributed by atoms with E-state index in [1.165, 1.54) is 51.4 Å². The predicted molar refractivity (Wildman–Crippen MR) is 102 cm³/mol. The van der Waals surface area contributed by atoms with Crippen molar-refractivity contribution in [2.24, 2.45) is 35.0 Å². The molecule has 0 aliphatic heterocycles. The highest BCUT2D eigenvalue weighted by molar-refractivity contribution is 5.18. The van der Waals surface area contributed by atoms with Crippen molar-refractivity contribution in [2.45, 2.75) is 83.7 Å². The Morgan fingerprint density at radius 3 is 2.68 bits per heavy atom. The van der Waals surface area contributed by atoms with Crippen LogP contribution in [0.25, 0.3) is 0 Å². The van der Waals surface area contributed by atoms with Gasteiger partial charge >= 0.3 is 0 Å². The zero-order chi connectivity index (χ0) is 17.7. The van der Waals surface area contributed by atoms with E-state index in [2.05, 4.69) is 13.5 Å². The summed E-state index contributed by atoms with van der Waals surface area (Å²) in [6.07, 6.45) is 12.7. The summed E-state index contributed by atoms with van der Waals surface area (Å²) >= 11 is 0. The lowest BCUT2D eigenvalue weighted by Gasteiger charge is -2.59. The number of aliphatic hydroxyl groups is 1. The molecule has 1 N–H and O–H groups in total. The van der Waals surface area contributed by atoms with Gasteiger partial charge in [0.25, 0.3) is 0 Å². The summed E-state index contributed by atoms with van der Waals surface area (Å²) in [7, 11) is 0. The van der Waals surface area contributed by atoms with Crippen LogP contribution in [-0.2, 0) is 4.74 Å². The van der Waals surface area contributed by atoms with Crippen LogP contribution in [0.4, 0.5) is 0 Å². The first-order valence-electron chi connectivity index (χ1n) is 11.0. The molecule has 0 bridgehead atoms. The molecule has 4 aliphatic carbocycles. The smallest absolute Gasteiger partial charge is 0.0883 e. The third kappa shape index (κ3) is 3.02. The topological polar surface area (TPSA) is 29.5 Å². The van der Waals surface area contributed by atoms with E-state index >= 15 is 0 Å². The van der Waals surface area contributed by atoms with Gasteiger partial charge in [-0.25, -0.2) is 0 Å². The van der Waals surface area contributed by atoms with E-state index in [9.17, 15) is 5.11 Å². The average Bonchev–Trinajstić information content (AvgIpc) is 2.60. The number of ether oxygens (including phenoxy) is 1. The standard InChI is InChI=1S/C23H38O2/c1-4-25-15-23(24)13-11-18-17(14-23)8-9-20-19(18)10-12-22(3)16(2)6-5-7-21(20)22/h17-21,24H,2,4-15H2,1,3H3/t17-,18+,19-,20-,21+,22-,23-/m1/s1. The molecule has 0 aromatic heterocycles. The van der Waals surface area contributed by atoms with E-state index in [0.29, 0.717) is 18.6 Å². The molecule has 0 radical (unpaired) electrons. The maximum absolute atomic E-state index is 11.0. The van der Waals surface area contributed by atoms with Gasteiger partial charge in [0, 0.05) is 6.61 Å². The molecule has 4 fully saturated rings. The van der Waals surface area contributed by atoms with Crippen molar-refractivity contribution in [1.82, 2.24) is 0 Å². The molecule has 7 atom stereocenters. The van der Waals surface area contributed by atoms with Crippen LogP contribution in [0.5, 0.6) is 0 Å². The predicted octanol–water partition coefficient (Wildman–Crippen LogP) is 5.35. The maximum Gasteiger partial charge on any atom is 0.0883 e. The van der Waals surface area contributed by atoms with E-state index in [-0.39, 0.29) is 0 Å². The summed E-state index contributed by atoms with van der Waals surface area (Å²) in [5, 5.41) is 11.0. The van der Waals surface area contributed by atoms with Crippen molar-refractivity contribution in [3.8, 4) is 0 Å². The molecule has 4 rings (SSSR count). The Morgan fingerprint density at radius 1 is 1.08 bits per heavy atom. The molecule has 4 aliphatic rings. The van der Waals surface area contributed by atoms with Gasteiger partial charge in [0.1, 0.15) is 0 Å². The van der Waals surface area contributed by atoms with Gasteiger partial charge in [-0.2, -0.15) is 0 Å². The first-order valence-corrected chi connectivity index (χ1v) is 11.0. The normalized spacial score (nSPS) is 49.9. The van der Waals surface area contributed by atoms with Crippen LogP contribution in [0, 0.1) is 35.0 Å². The zero-order valence-corrected chi connectivity index (χ0v) is 16.4. The Morgan fingerprint density at radius 2 is 1.88 bits per heavy atom. The molecule has 0 heterocycles. The van der Waals surface area contributed by atoms with Crippen LogP contribution in [0.2, 0.25) is 0 Å². The molecular weight excluding hydrogens is 308 g/mol. The number of allylic oxidation sites excluding steroid dienone is 1. The van der Waals surface area contributed by atoms with Gasteiger partial charge in [0.15, 0.2) is 0 Å². The number of hydrogen-bond acceptors (Lipinski definition) is 2. The third-order valence-electron chi connectivity index (χ3n) is 8.87. The molecule has 25 heavy (non-hydrogen) atoms. The van der Waals surface area contributed by atoms with Crippen molar-refractivity contribution in [1.29, 1.82) is 0 Å². The maximum atomic E-state index is 11.0. The van der Waals surface area contributed by atoms with Crippen LogP contribution >= 0.6 is 0 Å². The lowest BCUT2D eigenvalue weighted by molar-refractivity contribution is -0.128. The lowest BCUT2D eigenvalue weighted by Crippen LogP contribution is -2.53. The molecule has 142 valence electrons. The monoisotopic (exact) mass is 346 g/mol. The first kappa shape index (κ1) is 18.0. The van der Waals surface area contributed by atoms with E-state index in [0.717, 1.165) is 42.4 Å². The van der Waals surface area contributed by atoms with Crippen molar-refractivity contribution in [3.63, 3.8) is 0 Å². The highest BCUT2D eigenvalue weighted by Crippen LogP contribution is 2.62. The first-order chi connectivity index (χ1) is 12.0. The van der Waals surface area contributed by atoms with E-state index < -0.39 is 5.60 Å². The van der Waals surface area contributed by atoms with Crippen LogP contribution in [-0.4, -0.2) is 23.9 Å². The largest absolute Gasteiger partial charge is 0.387 e. The van der Waals surface area contributed by atoms with Gasteiger partial charge in [-0.1, -0.05) is 19.1 Å². The summed E-state index contributed by atoms with van der Waals surface area (Å²) in [6, 6.07) is 0. The second-order valence-corrected chi connectivity index (χ2v) is 9.99. The minimum atomic E-state index is -0.549. The molecule has 0 amide bonds. The van der Waals surface area contributed by atoms with Gasteiger partial charge in [-0.15, -0.1) is 0 Å². The SMILES string of the molecule is C=C1CCC[C@H]2[C@@H]3CC[C@@H]4C[C@@](O)(COCC)CC[C@@H]4[C@H]3CC[C@]12C. The van der Waals surface area contributed by atoms with Gasteiger partial charge in [0.05, 0.1) is 12.2 Å². The van der Waals surface area contributed by atoms with E-state index in [1.54, 1.807) is 5.57 Å². The fourth-order valence-electron chi connectivity index (χ4n) is 7.50. The molecule has 4 saturated carbocycles. The Bertz CT molecular complexity index is 514. The molecule has 0 unspecified atom stereocenters. The van der Waals surface area contributed by atoms with Crippen molar-refractivity contribution < 1.29 is 9.84 Å². The van der Waals surface area contributed by atoms with Crippen molar-refractivity contribution in [3.05, 3.63) is 12.2 Å². The molecular formula is C23H38O2. The van der Waals surface area contributed by atoms with E-state index in [4.69, 9.17) is 4.74 Å². The minimum absolute atomic E-state index is 0.427. The Balaban J connectivity index is 1.48. The number of fused-ring (bicyclic) bond motifs is 5. The van der Waals surface area contributed by atoms with Crippen LogP contribution in [0.15, 0.2) is 12.2 Å². The summed E-state index contributed by atoms with van der Waals surface area (Å²) in [4.78, 5) is 0. The highest BCUT2D eigenvalue weighted by Gasteiger charge is 2.54. The van der Waals surface area contributed by atoms with Crippen molar-refractivity contribution in [2.75, 3.05) is 13.2 Å². The zero-order valence-electron chi connectivity index (χ0n) is 16.4. The van der Waals surface area contributed by atoms with Crippen LogP contribution in [0.1, 0.15) is 78.1 Å². The van der Waals surface area contributed by atoms with Crippen LogP contribution < -0.4 is 0 Å². The Kier molecular flexibility index (Phi) is 4.82. The number of hydrogen-bond donors (Lipinski definition) is 1. The lowest BCUT2D eigenvalue weighted by atomic mass is 9.46. The Hall–Kier alpha value is -0.340. The quantitative estimate of drug-likeness (QED) is 0.698. The highest BCUT2D eigenvalue weighted by atomic mass is 16.5. The van der Waals surface area contributed by atoms with Crippen LogP contribution in [0.3, 0.4) is 0 Å². The van der Waals surface area contributed by atoms with Gasteiger partial charge in [-0.3, -0.25) is 0 Å². The second-order valence-electron chi connectivity index (χ2n) is 9.99. The average molecular weight is 347 g/mol. The molecule has 0 aromatic carbocycles. The summed E-state index contributed by atoms with van der Waals surface area (Å²) in [5.41, 5.74) is 1.43. The third-order valence-corrected chi connectivity index (χ3v) is 8.87. The Labute approximate surface area is 154 Å². The summed E-state index contributed by atoms with van der Waals surface area (Å²) in [6.45, 7) is 10.3. The molecule has 0 saturated heterocycles. The summed E-state index contributed by atoms with van der Waals surface area (Å²) < 4.78 is 5.60. The fraction of sp³-hybridized carbons (Fsp3) is 0.913. The van der Waals surface area contributed by atoms with Gasteiger partial charge < -0.3 is 9.84 Å². The van der Waals surface area contributed by atoms with Crippen molar-refractivity contribution >= 4 is 0 Å². The molecule has 0 aromatic rings. The van der Waals surface area contributed by atoms with E-state index in [1.807, 2.05) is 6.92 Å². The second kappa shape index (κ2) is 6.68. The molecule has 2 nitrogen and oxygen atoms in total. The van der Waals surface area contributed by atoms with Gasteiger partial charge in [0.2, 0.25) is 0 Å². The number of rotatable bonds is 3. The molecule has 0 spiro atoms. The minimum Gasteiger partial charge on any atom is -0.387 e. The fourth-order valence-corrected chi connectivity index (χ4v) is 7.50.